The molecule has 5 nitrogen and oxygen atoms in total. The molecule has 2 heterocycles. The molecule has 136 valence electrons. The maximum absolute atomic E-state index is 13.0. The van der Waals surface area contributed by atoms with Crippen molar-refractivity contribution in [3.05, 3.63) is 54.9 Å². The zero-order valence-electron chi connectivity index (χ0n) is 15.1. The Bertz CT molecular complexity index is 900. The van der Waals surface area contributed by atoms with Crippen LogP contribution < -0.4 is 4.90 Å². The number of rotatable bonds is 4. The summed E-state index contributed by atoms with van der Waals surface area (Å²) in [5.41, 5.74) is 2.41. The Hall–Kier alpha value is -2.89. The molecule has 0 N–H and O–H groups in total. The van der Waals surface area contributed by atoms with Crippen LogP contribution in [0, 0.1) is 0 Å². The number of halogens is 1. The van der Waals surface area contributed by atoms with E-state index in [2.05, 4.69) is 4.98 Å². The lowest BCUT2D eigenvalue weighted by molar-refractivity contribution is 0.0578. The van der Waals surface area contributed by atoms with Crippen LogP contribution >= 0.6 is 0 Å². The number of anilines is 1. The highest BCUT2D eigenvalue weighted by Crippen LogP contribution is 2.23. The number of carbonyl (C=O) groups is 1. The van der Waals surface area contributed by atoms with Gasteiger partial charge in [0, 0.05) is 24.0 Å². The molecule has 1 aromatic carbocycles. The van der Waals surface area contributed by atoms with Crippen molar-refractivity contribution in [2.75, 3.05) is 18.1 Å². The summed E-state index contributed by atoms with van der Waals surface area (Å²) in [7, 11) is 0. The fourth-order valence-electron chi connectivity index (χ4n) is 2.61. The van der Waals surface area contributed by atoms with Gasteiger partial charge in [-0.15, -0.1) is 0 Å². The Morgan fingerprint density at radius 1 is 1.23 bits per heavy atom. The first kappa shape index (κ1) is 17.9. The predicted octanol–water partition coefficient (Wildman–Crippen LogP) is 4.71. The number of fused-ring (bicyclic) bond motifs is 1. The molecule has 3 aromatic rings. The quantitative estimate of drug-likeness (QED) is 0.681. The minimum Gasteiger partial charge on any atom is -0.443 e. The molecule has 0 aliphatic rings. The number of ether oxygens (including phenoxy) is 1. The topological polar surface area (TPSA) is 46.8 Å². The van der Waals surface area contributed by atoms with Crippen molar-refractivity contribution in [1.82, 2.24) is 9.38 Å². The van der Waals surface area contributed by atoms with E-state index in [4.69, 9.17) is 4.74 Å². The van der Waals surface area contributed by atoms with E-state index in [1.54, 1.807) is 39.1 Å². The highest BCUT2D eigenvalue weighted by molar-refractivity contribution is 5.88. The molecule has 0 atom stereocenters. The lowest BCUT2D eigenvalue weighted by Crippen LogP contribution is -2.38. The maximum Gasteiger partial charge on any atom is 0.414 e. The summed E-state index contributed by atoms with van der Waals surface area (Å²) in [6.45, 7) is 4.61. The van der Waals surface area contributed by atoms with Gasteiger partial charge in [0.1, 0.15) is 17.9 Å². The molecule has 0 saturated carbocycles. The average molecular weight is 355 g/mol. The smallest absolute Gasteiger partial charge is 0.414 e. The molecule has 0 aliphatic carbocycles. The van der Waals surface area contributed by atoms with Gasteiger partial charge < -0.3 is 9.14 Å². The molecule has 0 aliphatic heterocycles. The number of carbonyl (C=O) groups excluding carboxylic acids is 1. The average Bonchev–Trinajstić information content (AvgIpc) is 3.02. The molecule has 2 aromatic heterocycles. The van der Waals surface area contributed by atoms with Crippen molar-refractivity contribution in [1.29, 1.82) is 0 Å². The molecule has 1 amide bonds. The van der Waals surface area contributed by atoms with Crippen molar-refractivity contribution in [3.8, 4) is 11.3 Å². The lowest BCUT2D eigenvalue weighted by Gasteiger charge is -2.26. The van der Waals surface area contributed by atoms with Gasteiger partial charge in [-0.2, -0.15) is 0 Å². The van der Waals surface area contributed by atoms with Crippen LogP contribution in [0.15, 0.2) is 54.9 Å². The number of benzene rings is 1. The Balaban J connectivity index is 1.94. The van der Waals surface area contributed by atoms with E-state index in [0.29, 0.717) is 11.3 Å². The predicted molar refractivity (Wildman–Crippen MR) is 100 cm³/mol. The molecule has 0 fully saturated rings. The van der Waals surface area contributed by atoms with Crippen LogP contribution in [0.2, 0.25) is 0 Å². The first-order chi connectivity index (χ1) is 12.4. The molecular formula is C20H22FN3O2. The maximum atomic E-state index is 13.0. The van der Waals surface area contributed by atoms with Gasteiger partial charge in [0.2, 0.25) is 0 Å². The van der Waals surface area contributed by atoms with Crippen LogP contribution in [-0.4, -0.2) is 34.3 Å². The summed E-state index contributed by atoms with van der Waals surface area (Å²) < 4.78 is 20.2. The molecule has 0 bridgehead atoms. The van der Waals surface area contributed by atoms with E-state index in [1.165, 1.54) is 4.90 Å². The minimum absolute atomic E-state index is 0.0721. The van der Waals surface area contributed by atoms with Gasteiger partial charge in [-0.1, -0.05) is 30.3 Å². The summed E-state index contributed by atoms with van der Waals surface area (Å²) in [6, 6.07) is 13.3. The summed E-state index contributed by atoms with van der Waals surface area (Å²) in [6.07, 6.45) is 3.15. The van der Waals surface area contributed by atoms with E-state index in [9.17, 15) is 9.18 Å². The van der Waals surface area contributed by atoms with E-state index >= 15 is 0 Å². The van der Waals surface area contributed by atoms with E-state index in [1.807, 2.05) is 40.9 Å². The largest absolute Gasteiger partial charge is 0.443 e. The monoisotopic (exact) mass is 355 g/mol. The zero-order chi connectivity index (χ0) is 18.7. The number of hydrogen-bond acceptors (Lipinski definition) is 3. The minimum atomic E-state index is -0.659. The SMILES string of the molecule is CC(C)(C)OC(=O)N(CCF)c1ccn2cc(-c3ccccc3)nc2c1. The number of alkyl halides is 1. The third-order valence-electron chi connectivity index (χ3n) is 3.75. The van der Waals surface area contributed by atoms with Gasteiger partial charge in [0.15, 0.2) is 0 Å². The fraction of sp³-hybridized carbons (Fsp3) is 0.300. The van der Waals surface area contributed by atoms with Crippen LogP contribution in [0.25, 0.3) is 16.9 Å². The Kier molecular flexibility index (Phi) is 4.93. The number of nitrogens with zero attached hydrogens (tertiary/aromatic N) is 3. The second-order valence-electron chi connectivity index (χ2n) is 6.96. The molecule has 3 rings (SSSR count). The number of pyridine rings is 1. The second-order valence-corrected chi connectivity index (χ2v) is 6.96. The van der Waals surface area contributed by atoms with Crippen molar-refractivity contribution in [2.24, 2.45) is 0 Å². The van der Waals surface area contributed by atoms with Gasteiger partial charge in [-0.25, -0.2) is 14.2 Å². The standard InChI is InChI=1S/C20H22FN3O2/c1-20(2,3)26-19(25)24(12-10-21)16-9-11-23-14-17(22-18(23)13-16)15-7-5-4-6-8-15/h4-9,11,13-14H,10,12H2,1-3H3. The second kappa shape index (κ2) is 7.15. The third kappa shape index (κ3) is 4.02. The van der Waals surface area contributed by atoms with E-state index < -0.39 is 18.4 Å². The normalized spacial score (nSPS) is 11.5. The first-order valence-electron chi connectivity index (χ1n) is 8.48. The number of imidazole rings is 1. The Morgan fingerprint density at radius 3 is 2.62 bits per heavy atom. The van der Waals surface area contributed by atoms with Gasteiger partial charge >= 0.3 is 6.09 Å². The third-order valence-corrected chi connectivity index (χ3v) is 3.75. The Labute approximate surface area is 152 Å². The number of amides is 1. The first-order valence-corrected chi connectivity index (χ1v) is 8.48. The van der Waals surface area contributed by atoms with Crippen molar-refractivity contribution in [2.45, 2.75) is 26.4 Å². The molecule has 0 saturated heterocycles. The summed E-state index contributed by atoms with van der Waals surface area (Å²) in [5.74, 6) is 0. The zero-order valence-corrected chi connectivity index (χ0v) is 15.1. The van der Waals surface area contributed by atoms with Gasteiger partial charge in [0.25, 0.3) is 0 Å². The van der Waals surface area contributed by atoms with E-state index in [-0.39, 0.29) is 6.54 Å². The number of hydrogen-bond donors (Lipinski definition) is 0. The fourth-order valence-corrected chi connectivity index (χ4v) is 2.61. The van der Waals surface area contributed by atoms with Gasteiger partial charge in [-0.3, -0.25) is 4.90 Å². The summed E-state index contributed by atoms with van der Waals surface area (Å²) >= 11 is 0. The Morgan fingerprint density at radius 2 is 1.96 bits per heavy atom. The van der Waals surface area contributed by atoms with E-state index in [0.717, 1.165) is 11.3 Å². The van der Waals surface area contributed by atoms with Gasteiger partial charge in [0.05, 0.1) is 17.9 Å². The highest BCUT2D eigenvalue weighted by Gasteiger charge is 2.23. The highest BCUT2D eigenvalue weighted by atomic mass is 19.1. The van der Waals surface area contributed by atoms with Crippen LogP contribution in [0.3, 0.4) is 0 Å². The molecule has 0 radical (unpaired) electrons. The lowest BCUT2D eigenvalue weighted by atomic mass is 10.2. The molecular weight excluding hydrogens is 333 g/mol. The van der Waals surface area contributed by atoms with Crippen molar-refractivity contribution in [3.63, 3.8) is 0 Å². The van der Waals surface area contributed by atoms with Crippen LogP contribution in [0.4, 0.5) is 14.9 Å². The van der Waals surface area contributed by atoms with Crippen molar-refractivity contribution < 1.29 is 13.9 Å². The van der Waals surface area contributed by atoms with Crippen LogP contribution in [-0.2, 0) is 4.74 Å². The van der Waals surface area contributed by atoms with Crippen LogP contribution in [0.5, 0.6) is 0 Å². The molecule has 0 unspecified atom stereocenters. The van der Waals surface area contributed by atoms with Crippen LogP contribution in [0.1, 0.15) is 20.8 Å². The summed E-state index contributed by atoms with van der Waals surface area (Å²) in [5, 5.41) is 0. The molecule has 6 heteroatoms. The van der Waals surface area contributed by atoms with Gasteiger partial charge in [-0.05, 0) is 26.8 Å². The molecule has 26 heavy (non-hydrogen) atoms. The number of aromatic nitrogens is 2. The summed E-state index contributed by atoms with van der Waals surface area (Å²) in [4.78, 5) is 18.3. The van der Waals surface area contributed by atoms with Crippen molar-refractivity contribution >= 4 is 17.4 Å². The molecule has 0 spiro atoms.